The summed E-state index contributed by atoms with van der Waals surface area (Å²) < 4.78 is 5.36. The van der Waals surface area contributed by atoms with Crippen LogP contribution in [0.4, 0.5) is 0 Å². The molecule has 3 atom stereocenters. The molecule has 13 heavy (non-hydrogen) atoms. The van der Waals surface area contributed by atoms with Crippen LogP contribution in [0.3, 0.4) is 0 Å². The van der Waals surface area contributed by atoms with Crippen molar-refractivity contribution in [3.05, 3.63) is 0 Å². The molecular weight excluding hydrogens is 168 g/mol. The maximum Gasteiger partial charge on any atom is 0.158 e. The van der Waals surface area contributed by atoms with Crippen LogP contribution in [0.25, 0.3) is 0 Å². The van der Waals surface area contributed by atoms with E-state index >= 15 is 0 Å². The van der Waals surface area contributed by atoms with Gasteiger partial charge in [-0.2, -0.15) is 0 Å². The summed E-state index contributed by atoms with van der Waals surface area (Å²) in [4.78, 5) is 13.1. The molecule has 4 nitrogen and oxygen atoms in total. The van der Waals surface area contributed by atoms with Crippen LogP contribution in [0, 0.1) is 0 Å². The normalized spacial score (nSPS) is 28.5. The first kappa shape index (κ1) is 10.6. The predicted molar refractivity (Wildman–Crippen MR) is 50.3 cm³/mol. The van der Waals surface area contributed by atoms with Crippen molar-refractivity contribution < 1.29 is 9.53 Å². The van der Waals surface area contributed by atoms with E-state index in [0.29, 0.717) is 12.9 Å². The van der Waals surface area contributed by atoms with Gasteiger partial charge < -0.3 is 4.74 Å². The van der Waals surface area contributed by atoms with Crippen LogP contribution in [0.2, 0.25) is 0 Å². The van der Waals surface area contributed by atoms with Crippen molar-refractivity contribution in [1.29, 1.82) is 0 Å². The molecule has 4 heteroatoms. The van der Waals surface area contributed by atoms with Gasteiger partial charge in [-0.3, -0.25) is 15.0 Å². The Kier molecular flexibility index (Phi) is 3.84. The number of hydrogen-bond acceptors (Lipinski definition) is 4. The van der Waals surface area contributed by atoms with Crippen molar-refractivity contribution in [2.45, 2.75) is 32.5 Å². The van der Waals surface area contributed by atoms with Crippen LogP contribution in [-0.4, -0.2) is 43.3 Å². The fourth-order valence-corrected chi connectivity index (χ4v) is 1.21. The SMILES string of the molecule is CCC(OCNC1CN1C)C(C)=O. The van der Waals surface area contributed by atoms with E-state index in [1.807, 2.05) is 14.0 Å². The Morgan fingerprint density at radius 3 is 2.77 bits per heavy atom. The molecule has 0 saturated carbocycles. The lowest BCUT2D eigenvalue weighted by atomic mass is 10.2. The number of rotatable bonds is 6. The molecule has 0 bridgehead atoms. The Morgan fingerprint density at radius 2 is 2.38 bits per heavy atom. The summed E-state index contributed by atoms with van der Waals surface area (Å²) in [7, 11) is 2.04. The molecule has 1 saturated heterocycles. The molecule has 0 amide bonds. The van der Waals surface area contributed by atoms with Gasteiger partial charge in [0.2, 0.25) is 0 Å². The number of hydrogen-bond donors (Lipinski definition) is 1. The predicted octanol–water partition coefficient (Wildman–Crippen LogP) is 0.189. The van der Waals surface area contributed by atoms with Crippen LogP contribution in [0.5, 0.6) is 0 Å². The largest absolute Gasteiger partial charge is 0.355 e. The minimum absolute atomic E-state index is 0.105. The quantitative estimate of drug-likeness (QED) is 0.475. The highest BCUT2D eigenvalue weighted by atomic mass is 16.5. The smallest absolute Gasteiger partial charge is 0.158 e. The molecule has 0 aromatic carbocycles. The minimum Gasteiger partial charge on any atom is -0.355 e. The molecule has 0 radical (unpaired) electrons. The Hall–Kier alpha value is -0.450. The molecule has 1 heterocycles. The monoisotopic (exact) mass is 186 g/mol. The van der Waals surface area contributed by atoms with Crippen molar-refractivity contribution in [3.8, 4) is 0 Å². The lowest BCUT2D eigenvalue weighted by Crippen LogP contribution is -2.30. The fraction of sp³-hybridized carbons (Fsp3) is 0.889. The van der Waals surface area contributed by atoms with Gasteiger partial charge in [0.15, 0.2) is 5.78 Å². The van der Waals surface area contributed by atoms with E-state index in [9.17, 15) is 4.79 Å². The number of nitrogens with zero attached hydrogens (tertiary/aromatic N) is 1. The van der Waals surface area contributed by atoms with E-state index in [2.05, 4.69) is 10.2 Å². The number of ether oxygens (including phenoxy) is 1. The Morgan fingerprint density at radius 1 is 1.77 bits per heavy atom. The molecule has 0 aromatic heterocycles. The van der Waals surface area contributed by atoms with Crippen molar-refractivity contribution in [2.75, 3.05) is 20.3 Å². The van der Waals surface area contributed by atoms with E-state index in [-0.39, 0.29) is 11.9 Å². The average molecular weight is 186 g/mol. The van der Waals surface area contributed by atoms with Gasteiger partial charge in [-0.25, -0.2) is 0 Å². The Bertz CT molecular complexity index is 184. The number of nitrogens with one attached hydrogen (secondary N) is 1. The summed E-state index contributed by atoms with van der Waals surface area (Å²) in [5, 5.41) is 3.18. The maximum atomic E-state index is 11.0. The van der Waals surface area contributed by atoms with E-state index in [1.54, 1.807) is 6.92 Å². The second-order valence-electron chi connectivity index (χ2n) is 3.48. The maximum absolute atomic E-state index is 11.0. The molecule has 0 aliphatic carbocycles. The highest BCUT2D eigenvalue weighted by Gasteiger charge is 2.28. The molecule has 0 spiro atoms. The van der Waals surface area contributed by atoms with Crippen LogP contribution in [-0.2, 0) is 9.53 Å². The first-order valence-electron chi connectivity index (χ1n) is 4.70. The van der Waals surface area contributed by atoms with Crippen molar-refractivity contribution in [2.24, 2.45) is 0 Å². The van der Waals surface area contributed by atoms with Crippen LogP contribution >= 0.6 is 0 Å². The van der Waals surface area contributed by atoms with Gasteiger partial charge in [-0.05, 0) is 20.4 Å². The first-order chi connectivity index (χ1) is 6.15. The third kappa shape index (κ3) is 3.42. The lowest BCUT2D eigenvalue weighted by Gasteiger charge is -2.12. The second-order valence-corrected chi connectivity index (χ2v) is 3.48. The van der Waals surface area contributed by atoms with E-state index < -0.39 is 0 Å². The second kappa shape index (κ2) is 4.69. The standard InChI is InChI=1S/C9H18N2O2/c1-4-8(7(2)12)13-6-10-9-5-11(9)3/h8-10H,4-6H2,1-3H3. The molecule has 1 N–H and O–H groups in total. The molecule has 3 unspecified atom stereocenters. The average Bonchev–Trinajstić information content (AvgIpc) is 2.75. The summed E-state index contributed by atoms with van der Waals surface area (Å²) >= 11 is 0. The number of carbonyl (C=O) groups is 1. The lowest BCUT2D eigenvalue weighted by molar-refractivity contribution is -0.129. The summed E-state index contributed by atoms with van der Waals surface area (Å²) in [6.45, 7) is 5.06. The summed E-state index contributed by atoms with van der Waals surface area (Å²) in [5.41, 5.74) is 0. The van der Waals surface area contributed by atoms with Gasteiger partial charge in [-0.15, -0.1) is 0 Å². The van der Waals surface area contributed by atoms with Gasteiger partial charge in [0.25, 0.3) is 0 Å². The zero-order valence-corrected chi connectivity index (χ0v) is 8.54. The van der Waals surface area contributed by atoms with Crippen LogP contribution in [0.1, 0.15) is 20.3 Å². The van der Waals surface area contributed by atoms with Gasteiger partial charge in [0, 0.05) is 6.54 Å². The van der Waals surface area contributed by atoms with Crippen molar-refractivity contribution in [1.82, 2.24) is 10.2 Å². The van der Waals surface area contributed by atoms with E-state index in [0.717, 1.165) is 13.0 Å². The fourth-order valence-electron chi connectivity index (χ4n) is 1.21. The van der Waals surface area contributed by atoms with Crippen molar-refractivity contribution >= 4 is 5.78 Å². The Labute approximate surface area is 79.2 Å². The molecule has 76 valence electrons. The first-order valence-corrected chi connectivity index (χ1v) is 4.70. The van der Waals surface area contributed by atoms with Gasteiger partial charge in [0.05, 0.1) is 12.9 Å². The summed E-state index contributed by atoms with van der Waals surface area (Å²) in [6.07, 6.45) is 0.957. The topological polar surface area (TPSA) is 41.3 Å². The zero-order valence-electron chi connectivity index (χ0n) is 8.54. The third-order valence-electron chi connectivity index (χ3n) is 2.29. The van der Waals surface area contributed by atoms with E-state index in [1.165, 1.54) is 0 Å². The number of ketones is 1. The van der Waals surface area contributed by atoms with Gasteiger partial charge in [-0.1, -0.05) is 6.92 Å². The van der Waals surface area contributed by atoms with Gasteiger partial charge >= 0.3 is 0 Å². The molecule has 1 aliphatic heterocycles. The Balaban J connectivity index is 2.06. The molecular formula is C9H18N2O2. The molecule has 1 rings (SSSR count). The van der Waals surface area contributed by atoms with Crippen LogP contribution in [0.15, 0.2) is 0 Å². The van der Waals surface area contributed by atoms with E-state index in [4.69, 9.17) is 4.74 Å². The highest BCUT2D eigenvalue weighted by Crippen LogP contribution is 2.08. The molecule has 1 fully saturated rings. The highest BCUT2D eigenvalue weighted by molar-refractivity contribution is 5.80. The number of likely N-dealkylation sites (N-methyl/N-ethyl adjacent to an activating group) is 1. The van der Waals surface area contributed by atoms with Gasteiger partial charge in [0.1, 0.15) is 6.10 Å². The number of Topliss-reactive ketones (excluding diaryl/α,β-unsaturated/α-hetero) is 1. The number of carbonyl (C=O) groups excluding carboxylic acids is 1. The minimum atomic E-state index is -0.239. The van der Waals surface area contributed by atoms with Crippen molar-refractivity contribution in [3.63, 3.8) is 0 Å². The van der Waals surface area contributed by atoms with Crippen LogP contribution < -0.4 is 5.32 Å². The summed E-state index contributed by atoms with van der Waals surface area (Å²) in [5.74, 6) is 0.105. The summed E-state index contributed by atoms with van der Waals surface area (Å²) in [6, 6.07) is 0. The molecule has 1 aliphatic rings. The zero-order chi connectivity index (χ0) is 9.84. The third-order valence-corrected chi connectivity index (χ3v) is 2.29. The molecule has 0 aromatic rings.